The van der Waals surface area contributed by atoms with Crippen LogP contribution in [0.5, 0.6) is 5.75 Å². The minimum absolute atomic E-state index is 0.115. The number of hydrogen-bond acceptors (Lipinski definition) is 4. The van der Waals surface area contributed by atoms with Crippen molar-refractivity contribution in [1.82, 2.24) is 10.2 Å². The molecule has 1 amide bonds. The lowest BCUT2D eigenvalue weighted by Gasteiger charge is -2.32. The van der Waals surface area contributed by atoms with Crippen LogP contribution in [0, 0.1) is 11.3 Å². The Kier molecular flexibility index (Phi) is 8.39. The van der Waals surface area contributed by atoms with Gasteiger partial charge in [-0.05, 0) is 60.2 Å². The molecule has 0 saturated carbocycles. The number of benzene rings is 3. The Morgan fingerprint density at radius 2 is 1.84 bits per heavy atom. The molecular weight excluding hydrogens is 466 g/mol. The third kappa shape index (κ3) is 7.09. The van der Waals surface area contributed by atoms with Gasteiger partial charge in [0.25, 0.3) is 0 Å². The summed E-state index contributed by atoms with van der Waals surface area (Å²) in [6, 6.07) is 20.5. The van der Waals surface area contributed by atoms with Crippen molar-refractivity contribution in [2.24, 2.45) is 5.92 Å². The minimum atomic E-state index is -0.973. The molecule has 1 saturated heterocycles. The van der Waals surface area contributed by atoms with Crippen molar-refractivity contribution >= 4 is 28.5 Å². The summed E-state index contributed by atoms with van der Waals surface area (Å²) in [7, 11) is 0. The van der Waals surface area contributed by atoms with Crippen molar-refractivity contribution in [3.63, 3.8) is 0 Å². The Morgan fingerprint density at radius 3 is 2.62 bits per heavy atom. The highest BCUT2D eigenvalue weighted by molar-refractivity contribution is 5.91. The Hall–Kier alpha value is -4.35. The highest BCUT2D eigenvalue weighted by atomic mass is 16.5. The second-order valence-corrected chi connectivity index (χ2v) is 9.24. The molecule has 37 heavy (non-hydrogen) atoms. The molecule has 1 heterocycles. The van der Waals surface area contributed by atoms with Crippen molar-refractivity contribution in [2.75, 3.05) is 19.7 Å². The lowest BCUT2D eigenvalue weighted by atomic mass is 9.97. The van der Waals surface area contributed by atoms with E-state index in [9.17, 15) is 9.59 Å². The monoisotopic (exact) mass is 497 g/mol. The van der Waals surface area contributed by atoms with Crippen LogP contribution >= 0.6 is 0 Å². The Labute approximate surface area is 216 Å². The standard InChI is InChI=1S/C30H31N3O4/c1-21(32-29(34)19-24-8-4-7-23-6-2-3-11-27(23)24)12-13-28(31)33-16-14-22(15-17-33)20-37-26-10-5-9-25(18-26)30(35)36/h2-11,13,18,22,31H,14-17,19-20H2,1H3,(H,32,34)(H,35,36). The lowest BCUT2D eigenvalue weighted by Crippen LogP contribution is -2.38. The van der Waals surface area contributed by atoms with E-state index in [1.54, 1.807) is 31.2 Å². The van der Waals surface area contributed by atoms with Gasteiger partial charge >= 0.3 is 5.97 Å². The molecule has 0 unspecified atom stereocenters. The first-order valence-electron chi connectivity index (χ1n) is 12.4. The second-order valence-electron chi connectivity index (χ2n) is 9.24. The van der Waals surface area contributed by atoms with Gasteiger partial charge in [-0.25, -0.2) is 4.79 Å². The average molecular weight is 498 g/mol. The summed E-state index contributed by atoms with van der Waals surface area (Å²) in [5.74, 6) is 0.166. The lowest BCUT2D eigenvalue weighted by molar-refractivity contribution is -0.119. The molecule has 7 nitrogen and oxygen atoms in total. The summed E-state index contributed by atoms with van der Waals surface area (Å²) < 4.78 is 5.81. The smallest absolute Gasteiger partial charge is 0.335 e. The first kappa shape index (κ1) is 25.7. The molecule has 0 atom stereocenters. The summed E-state index contributed by atoms with van der Waals surface area (Å²) in [6.45, 7) is 3.74. The van der Waals surface area contributed by atoms with E-state index in [0.29, 0.717) is 29.8 Å². The average Bonchev–Trinajstić information content (AvgIpc) is 2.91. The van der Waals surface area contributed by atoms with Crippen molar-refractivity contribution in [3.05, 3.63) is 95.4 Å². The third-order valence-corrected chi connectivity index (χ3v) is 6.51. The molecule has 1 fully saturated rings. The fraction of sp³-hybridized carbons (Fsp3) is 0.267. The molecule has 0 aromatic heterocycles. The summed E-state index contributed by atoms with van der Waals surface area (Å²) in [5, 5.41) is 22.5. The number of amides is 1. The van der Waals surface area contributed by atoms with E-state index in [-0.39, 0.29) is 17.9 Å². The number of carbonyl (C=O) groups excluding carboxylic acids is 1. The quantitative estimate of drug-likeness (QED) is 0.230. The van der Waals surface area contributed by atoms with E-state index < -0.39 is 5.97 Å². The van der Waals surface area contributed by atoms with Crippen molar-refractivity contribution in [1.29, 1.82) is 5.41 Å². The topological polar surface area (TPSA) is 103 Å². The second kappa shape index (κ2) is 12.1. The zero-order valence-corrected chi connectivity index (χ0v) is 20.9. The van der Waals surface area contributed by atoms with Crippen LogP contribution < -0.4 is 10.1 Å². The number of carboxylic acid groups (broad SMARTS) is 1. The maximum absolute atomic E-state index is 12.6. The molecule has 0 bridgehead atoms. The number of nitrogens with zero attached hydrogens (tertiary/aromatic N) is 1. The molecule has 3 aromatic carbocycles. The van der Waals surface area contributed by atoms with Gasteiger partial charge in [-0.2, -0.15) is 0 Å². The van der Waals surface area contributed by atoms with Gasteiger partial charge in [-0.15, -0.1) is 0 Å². The number of ether oxygens (including phenoxy) is 1. The van der Waals surface area contributed by atoms with Gasteiger partial charge in [0.1, 0.15) is 11.6 Å². The predicted molar refractivity (Wildman–Crippen MR) is 144 cm³/mol. The molecule has 0 radical (unpaired) electrons. The van der Waals surface area contributed by atoms with Gasteiger partial charge < -0.3 is 20.1 Å². The zero-order chi connectivity index (χ0) is 26.2. The number of nitrogens with one attached hydrogen (secondary N) is 2. The molecule has 3 N–H and O–H groups in total. The molecule has 7 heteroatoms. The van der Waals surface area contributed by atoms with Gasteiger partial charge in [0.05, 0.1) is 24.3 Å². The van der Waals surface area contributed by atoms with Gasteiger partial charge in [0.2, 0.25) is 5.91 Å². The SMILES string of the molecule is CC(=C=CC(=N)N1CCC(COc2cccc(C(=O)O)c2)CC1)NC(=O)Cc1cccc2ccccc12. The van der Waals surface area contributed by atoms with E-state index in [2.05, 4.69) is 11.0 Å². The van der Waals surface area contributed by atoms with E-state index in [1.807, 2.05) is 47.4 Å². The maximum Gasteiger partial charge on any atom is 0.335 e. The fourth-order valence-electron chi connectivity index (χ4n) is 4.45. The van der Waals surface area contributed by atoms with Crippen LogP contribution in [-0.2, 0) is 11.2 Å². The number of carboxylic acids is 1. The van der Waals surface area contributed by atoms with Crippen LogP contribution in [0.2, 0.25) is 0 Å². The van der Waals surface area contributed by atoms with Crippen LogP contribution in [-0.4, -0.2) is 47.4 Å². The fourth-order valence-corrected chi connectivity index (χ4v) is 4.45. The van der Waals surface area contributed by atoms with E-state index in [1.165, 1.54) is 6.07 Å². The number of fused-ring (bicyclic) bond motifs is 1. The van der Waals surface area contributed by atoms with Gasteiger partial charge in [0.15, 0.2) is 0 Å². The highest BCUT2D eigenvalue weighted by Crippen LogP contribution is 2.21. The van der Waals surface area contributed by atoms with Gasteiger partial charge in [-0.3, -0.25) is 10.2 Å². The summed E-state index contributed by atoms with van der Waals surface area (Å²) >= 11 is 0. The van der Waals surface area contributed by atoms with Crippen molar-refractivity contribution in [2.45, 2.75) is 26.2 Å². The highest BCUT2D eigenvalue weighted by Gasteiger charge is 2.21. The Bertz CT molecular complexity index is 1360. The van der Waals surface area contributed by atoms with Crippen LogP contribution in [0.4, 0.5) is 0 Å². The predicted octanol–water partition coefficient (Wildman–Crippen LogP) is 5.02. The number of carbonyl (C=O) groups is 2. The Balaban J connectivity index is 1.24. The van der Waals surface area contributed by atoms with Crippen LogP contribution in [0.3, 0.4) is 0 Å². The van der Waals surface area contributed by atoms with Gasteiger partial charge in [0, 0.05) is 19.2 Å². The molecule has 0 aliphatic carbocycles. The molecule has 1 aliphatic heterocycles. The first-order chi connectivity index (χ1) is 17.9. The van der Waals surface area contributed by atoms with Crippen LogP contribution in [0.1, 0.15) is 35.7 Å². The molecule has 190 valence electrons. The number of piperidine rings is 1. The summed E-state index contributed by atoms with van der Waals surface area (Å²) in [5.41, 5.74) is 4.78. The largest absolute Gasteiger partial charge is 0.493 e. The van der Waals surface area contributed by atoms with Gasteiger partial charge in [-0.1, -0.05) is 54.3 Å². The number of amidine groups is 1. The number of likely N-dealkylation sites (tertiary alicyclic amines) is 1. The summed E-state index contributed by atoms with van der Waals surface area (Å²) in [6.07, 6.45) is 3.62. The number of hydrogen-bond donors (Lipinski definition) is 3. The maximum atomic E-state index is 12.6. The summed E-state index contributed by atoms with van der Waals surface area (Å²) in [4.78, 5) is 25.7. The number of rotatable bonds is 8. The molecular formula is C30H31N3O4. The molecule has 0 spiro atoms. The van der Waals surface area contributed by atoms with E-state index >= 15 is 0 Å². The molecule has 1 aliphatic rings. The normalized spacial score (nSPS) is 13.5. The van der Waals surface area contributed by atoms with Crippen molar-refractivity contribution < 1.29 is 19.4 Å². The van der Waals surface area contributed by atoms with E-state index in [0.717, 1.165) is 42.3 Å². The minimum Gasteiger partial charge on any atom is -0.493 e. The van der Waals surface area contributed by atoms with Crippen LogP contribution in [0.15, 0.2) is 84.2 Å². The third-order valence-electron chi connectivity index (χ3n) is 6.51. The van der Waals surface area contributed by atoms with Crippen LogP contribution in [0.25, 0.3) is 10.8 Å². The Morgan fingerprint density at radius 1 is 1.11 bits per heavy atom. The molecule has 4 rings (SSSR count). The molecule has 3 aromatic rings. The number of aromatic carboxylic acids is 1. The zero-order valence-electron chi connectivity index (χ0n) is 20.9. The first-order valence-corrected chi connectivity index (χ1v) is 12.4. The van der Waals surface area contributed by atoms with E-state index in [4.69, 9.17) is 15.3 Å². The van der Waals surface area contributed by atoms with Crippen molar-refractivity contribution in [3.8, 4) is 5.75 Å².